The van der Waals surface area contributed by atoms with Crippen molar-refractivity contribution >= 4 is 24.2 Å². The predicted molar refractivity (Wildman–Crippen MR) is 113 cm³/mol. The molecule has 2 N–H and O–H groups in total. The molecule has 0 saturated heterocycles. The zero-order chi connectivity index (χ0) is 20.5. The third-order valence-corrected chi connectivity index (χ3v) is 3.85. The Morgan fingerprint density at radius 1 is 0.759 bits per heavy atom. The number of ether oxygens (including phenoxy) is 2. The zero-order valence-electron chi connectivity index (χ0n) is 16.3. The molecule has 2 aromatic carbocycles. The van der Waals surface area contributed by atoms with Crippen LogP contribution in [-0.4, -0.2) is 41.8 Å². The summed E-state index contributed by atoms with van der Waals surface area (Å²) in [6.07, 6.45) is 3.33. The Kier molecular flexibility index (Phi) is 6.66. The molecule has 3 rings (SSSR count). The number of benzene rings is 2. The minimum Gasteiger partial charge on any atom is -0.497 e. The quantitative estimate of drug-likeness (QED) is 0.449. The lowest BCUT2D eigenvalue weighted by Crippen LogP contribution is -2.05. The van der Waals surface area contributed by atoms with E-state index in [1.165, 1.54) is 0 Å². The molecular formula is C20H21N7O2. The van der Waals surface area contributed by atoms with Gasteiger partial charge in [0.1, 0.15) is 17.2 Å². The van der Waals surface area contributed by atoms with Crippen LogP contribution in [-0.2, 0) is 0 Å². The minimum atomic E-state index is 0.252. The molecule has 3 aromatic rings. The van der Waals surface area contributed by atoms with Crippen molar-refractivity contribution in [2.24, 2.45) is 10.2 Å². The Labute approximate surface area is 168 Å². The molecule has 0 unspecified atom stereocenters. The number of hydrogen-bond donors (Lipinski definition) is 2. The van der Waals surface area contributed by atoms with Crippen LogP contribution in [0, 0.1) is 6.92 Å². The van der Waals surface area contributed by atoms with E-state index in [9.17, 15) is 0 Å². The van der Waals surface area contributed by atoms with Crippen LogP contribution >= 0.6 is 0 Å². The molecule has 0 aliphatic rings. The highest BCUT2D eigenvalue weighted by atomic mass is 16.5. The molecule has 0 amide bonds. The topological polar surface area (TPSA) is 106 Å². The van der Waals surface area contributed by atoms with E-state index in [2.05, 4.69) is 36.2 Å². The summed E-state index contributed by atoms with van der Waals surface area (Å²) in [6, 6.07) is 15.0. The molecule has 1 aromatic heterocycles. The van der Waals surface area contributed by atoms with Gasteiger partial charge in [-0.2, -0.15) is 15.2 Å². The first kappa shape index (κ1) is 19.7. The van der Waals surface area contributed by atoms with Crippen molar-refractivity contribution in [2.75, 3.05) is 25.1 Å². The van der Waals surface area contributed by atoms with Crippen LogP contribution in [0.4, 0.5) is 11.8 Å². The van der Waals surface area contributed by atoms with E-state index in [1.807, 2.05) is 48.5 Å². The Bertz CT molecular complexity index is 987. The van der Waals surface area contributed by atoms with E-state index in [4.69, 9.17) is 9.47 Å². The minimum absolute atomic E-state index is 0.252. The molecule has 0 aliphatic heterocycles. The molecule has 1 heterocycles. The maximum Gasteiger partial charge on any atom is 0.265 e. The van der Waals surface area contributed by atoms with Gasteiger partial charge < -0.3 is 9.47 Å². The summed E-state index contributed by atoms with van der Waals surface area (Å²) in [5.74, 6) is 2.30. The van der Waals surface area contributed by atoms with Crippen molar-refractivity contribution in [2.45, 2.75) is 6.92 Å². The number of hydrazone groups is 2. The first-order valence-electron chi connectivity index (χ1n) is 8.75. The van der Waals surface area contributed by atoms with Gasteiger partial charge in [0.15, 0.2) is 5.82 Å². The lowest BCUT2D eigenvalue weighted by atomic mass is 10.2. The van der Waals surface area contributed by atoms with Gasteiger partial charge in [-0.3, -0.25) is 5.43 Å². The van der Waals surface area contributed by atoms with Gasteiger partial charge in [-0.25, -0.2) is 5.43 Å². The van der Waals surface area contributed by atoms with Gasteiger partial charge >= 0.3 is 0 Å². The summed E-state index contributed by atoms with van der Waals surface area (Å²) in [5, 5.41) is 16.3. The van der Waals surface area contributed by atoms with Crippen LogP contribution in [0.15, 0.2) is 58.7 Å². The number of rotatable bonds is 8. The van der Waals surface area contributed by atoms with Crippen LogP contribution in [0.1, 0.15) is 16.8 Å². The highest BCUT2D eigenvalue weighted by Crippen LogP contribution is 2.12. The van der Waals surface area contributed by atoms with Crippen LogP contribution in [0.5, 0.6) is 11.5 Å². The molecule has 0 aliphatic carbocycles. The van der Waals surface area contributed by atoms with Crippen LogP contribution in [0.25, 0.3) is 0 Å². The lowest BCUT2D eigenvalue weighted by Gasteiger charge is -2.04. The fourth-order valence-electron chi connectivity index (χ4n) is 2.24. The van der Waals surface area contributed by atoms with Crippen molar-refractivity contribution in [3.05, 3.63) is 65.4 Å². The molecule has 0 spiro atoms. The number of nitrogens with one attached hydrogen (secondary N) is 2. The highest BCUT2D eigenvalue weighted by Gasteiger charge is 2.04. The van der Waals surface area contributed by atoms with E-state index in [0.717, 1.165) is 22.6 Å². The molecule has 0 radical (unpaired) electrons. The molecule has 9 heteroatoms. The maximum atomic E-state index is 5.13. The molecular weight excluding hydrogens is 370 g/mol. The van der Waals surface area contributed by atoms with Crippen molar-refractivity contribution < 1.29 is 9.47 Å². The smallest absolute Gasteiger partial charge is 0.265 e. The molecule has 0 saturated carbocycles. The number of nitrogens with zero attached hydrogens (tertiary/aromatic N) is 5. The van der Waals surface area contributed by atoms with Gasteiger partial charge in [-0.15, -0.1) is 10.2 Å². The second-order valence-corrected chi connectivity index (χ2v) is 5.86. The summed E-state index contributed by atoms with van der Waals surface area (Å²) in [5.41, 5.74) is 8.06. The van der Waals surface area contributed by atoms with E-state index in [1.54, 1.807) is 33.6 Å². The van der Waals surface area contributed by atoms with Crippen LogP contribution < -0.4 is 20.3 Å². The largest absolute Gasteiger partial charge is 0.497 e. The maximum absolute atomic E-state index is 5.13. The first-order chi connectivity index (χ1) is 14.2. The monoisotopic (exact) mass is 391 g/mol. The fourth-order valence-corrected chi connectivity index (χ4v) is 2.24. The van der Waals surface area contributed by atoms with Gasteiger partial charge in [-0.1, -0.05) is 0 Å². The zero-order valence-corrected chi connectivity index (χ0v) is 16.3. The average Bonchev–Trinajstić information content (AvgIpc) is 2.76. The van der Waals surface area contributed by atoms with Gasteiger partial charge in [0, 0.05) is 0 Å². The second kappa shape index (κ2) is 9.79. The Morgan fingerprint density at radius 2 is 1.28 bits per heavy atom. The van der Waals surface area contributed by atoms with Crippen LogP contribution in [0.3, 0.4) is 0 Å². The SMILES string of the molecule is COc1ccc(/C=N/Nc2nnc(C)c(N/N=C/c3ccc(OC)cc3)n2)cc1. The molecule has 9 nitrogen and oxygen atoms in total. The number of aromatic nitrogens is 3. The highest BCUT2D eigenvalue weighted by molar-refractivity contribution is 5.81. The summed E-state index contributed by atoms with van der Waals surface area (Å²) < 4.78 is 10.3. The molecule has 148 valence electrons. The number of aryl methyl sites for hydroxylation is 1. The standard InChI is InChI=1S/C20H21N7O2/c1-14-19(25-21-12-15-4-8-17(28-2)9-5-15)23-20(27-24-14)26-22-13-16-6-10-18(29-3)11-7-16/h4-13H,1-3H3,(H2,23,25,26,27)/b21-12+,22-13+. The van der Waals surface area contributed by atoms with E-state index in [-0.39, 0.29) is 5.95 Å². The molecule has 29 heavy (non-hydrogen) atoms. The molecule has 0 atom stereocenters. The molecule has 0 bridgehead atoms. The summed E-state index contributed by atoms with van der Waals surface area (Å²) >= 11 is 0. The predicted octanol–water partition coefficient (Wildman–Crippen LogP) is 3.09. The van der Waals surface area contributed by atoms with Gasteiger partial charge in [0.2, 0.25) is 0 Å². The fraction of sp³-hybridized carbons (Fsp3) is 0.150. The normalized spacial score (nSPS) is 11.0. The van der Waals surface area contributed by atoms with Crippen molar-refractivity contribution in [1.82, 2.24) is 15.2 Å². The van der Waals surface area contributed by atoms with E-state index in [0.29, 0.717) is 11.5 Å². The number of methoxy groups -OCH3 is 2. The third-order valence-electron chi connectivity index (χ3n) is 3.85. The van der Waals surface area contributed by atoms with Crippen molar-refractivity contribution in [3.63, 3.8) is 0 Å². The van der Waals surface area contributed by atoms with Gasteiger partial charge in [0.05, 0.1) is 26.6 Å². The van der Waals surface area contributed by atoms with E-state index >= 15 is 0 Å². The lowest BCUT2D eigenvalue weighted by molar-refractivity contribution is 0.414. The average molecular weight is 391 g/mol. The molecule has 0 fully saturated rings. The van der Waals surface area contributed by atoms with Crippen molar-refractivity contribution in [3.8, 4) is 11.5 Å². The first-order valence-corrected chi connectivity index (χ1v) is 8.75. The van der Waals surface area contributed by atoms with Crippen LogP contribution in [0.2, 0.25) is 0 Å². The summed E-state index contributed by atoms with van der Waals surface area (Å²) in [6.45, 7) is 1.79. The number of hydrogen-bond acceptors (Lipinski definition) is 9. The third kappa shape index (κ3) is 5.73. The summed E-state index contributed by atoms with van der Waals surface area (Å²) in [7, 11) is 3.25. The Morgan fingerprint density at radius 3 is 1.79 bits per heavy atom. The Hall–Kier alpha value is -4.01. The van der Waals surface area contributed by atoms with E-state index < -0.39 is 0 Å². The second-order valence-electron chi connectivity index (χ2n) is 5.86. The van der Waals surface area contributed by atoms with Gasteiger partial charge in [-0.05, 0) is 66.6 Å². The number of anilines is 2. The van der Waals surface area contributed by atoms with Crippen molar-refractivity contribution in [1.29, 1.82) is 0 Å². The summed E-state index contributed by atoms with van der Waals surface area (Å²) in [4.78, 5) is 4.33. The van der Waals surface area contributed by atoms with Gasteiger partial charge in [0.25, 0.3) is 5.95 Å². The Balaban J connectivity index is 1.60.